The summed E-state index contributed by atoms with van der Waals surface area (Å²) >= 11 is 0. The number of carbonyl (C=O) groups excluding carboxylic acids is 1. The van der Waals surface area contributed by atoms with Gasteiger partial charge in [0, 0.05) is 37.3 Å². The molecule has 1 aliphatic heterocycles. The molecule has 6 rings (SSSR count). The number of carbonyl (C=O) groups is 1. The van der Waals surface area contributed by atoms with Gasteiger partial charge in [-0.15, -0.1) is 5.10 Å². The molecule has 4 aromatic carbocycles. The topological polar surface area (TPSA) is 96.6 Å². The fourth-order valence-electron chi connectivity index (χ4n) is 6.22. The van der Waals surface area contributed by atoms with Crippen LogP contribution in [-0.4, -0.2) is 66.4 Å². The third-order valence-electron chi connectivity index (χ3n) is 8.83. The molecule has 230 valence electrons. The largest absolute Gasteiger partial charge is 0.508 e. The molecule has 1 saturated heterocycles. The summed E-state index contributed by atoms with van der Waals surface area (Å²) in [5.41, 5.74) is 6.43. The molecule has 5 aromatic rings. The predicted octanol–water partition coefficient (Wildman–Crippen LogP) is 5.62. The van der Waals surface area contributed by atoms with Crippen molar-refractivity contribution in [1.82, 2.24) is 30.2 Å². The Kier molecular flexibility index (Phi) is 8.73. The molecule has 9 nitrogen and oxygen atoms in total. The van der Waals surface area contributed by atoms with Crippen LogP contribution in [0.25, 0.3) is 11.4 Å². The first-order chi connectivity index (χ1) is 21.8. The number of tetrazole rings is 1. The van der Waals surface area contributed by atoms with E-state index in [0.717, 1.165) is 46.7 Å². The Hall–Kier alpha value is -4.86. The predicted molar refractivity (Wildman–Crippen MR) is 173 cm³/mol. The lowest BCUT2D eigenvalue weighted by Crippen LogP contribution is -2.56. The van der Waals surface area contributed by atoms with Crippen molar-refractivity contribution in [3.05, 3.63) is 130 Å². The van der Waals surface area contributed by atoms with Crippen LogP contribution in [0.3, 0.4) is 0 Å². The van der Waals surface area contributed by atoms with E-state index in [-0.39, 0.29) is 17.8 Å². The third-order valence-corrected chi connectivity index (χ3v) is 8.83. The Bertz CT molecular complexity index is 1770. The summed E-state index contributed by atoms with van der Waals surface area (Å²) in [4.78, 5) is 24.7. The number of aromatic hydroxyl groups is 1. The first-order valence-corrected chi connectivity index (χ1v) is 15.3. The molecular weight excluding hydrogens is 564 g/mol. The van der Waals surface area contributed by atoms with E-state index >= 15 is 0 Å². The number of benzene rings is 4. The zero-order valence-corrected chi connectivity index (χ0v) is 26.0. The molecule has 0 unspecified atom stereocenters. The van der Waals surface area contributed by atoms with Crippen molar-refractivity contribution in [2.45, 2.75) is 52.4 Å². The number of hydrogen-bond acceptors (Lipinski definition) is 8. The van der Waals surface area contributed by atoms with Crippen LogP contribution < -0.4 is 4.84 Å². The number of nitrogens with zero attached hydrogens (tertiary/aromatic N) is 6. The zero-order chi connectivity index (χ0) is 31.5. The first-order valence-electron chi connectivity index (χ1n) is 15.3. The molecule has 1 aromatic heterocycles. The van der Waals surface area contributed by atoms with Crippen molar-refractivity contribution >= 4 is 5.97 Å². The second-order valence-electron chi connectivity index (χ2n) is 11.9. The van der Waals surface area contributed by atoms with E-state index in [9.17, 15) is 9.90 Å². The average Bonchev–Trinajstić information content (AvgIpc) is 3.50. The van der Waals surface area contributed by atoms with Gasteiger partial charge in [-0.25, -0.2) is 4.79 Å². The fourth-order valence-corrected chi connectivity index (χ4v) is 6.22. The standard InChI is InChI=1S/C36H38N6O3/c1-24-10-8-15-33(27(24)4)36(44)45-42-35(37-38-39-42)30-18-16-29(17-19-30)34(31-13-9-14-32(43)20-31)41-22-25(2)40(21-26(41)3)23-28-11-6-5-7-12-28/h5-20,25-26,34,43H,21-23H2,1-4H3/t25-,26+,34-/m1/s1. The van der Waals surface area contributed by atoms with Crippen LogP contribution >= 0.6 is 0 Å². The first kappa shape index (κ1) is 30.2. The molecule has 3 atom stereocenters. The van der Waals surface area contributed by atoms with Gasteiger partial charge in [-0.05, 0) is 89.0 Å². The van der Waals surface area contributed by atoms with E-state index in [2.05, 4.69) is 87.7 Å². The second-order valence-corrected chi connectivity index (χ2v) is 11.9. The number of phenolic OH excluding ortho intramolecular Hbond substituents is 1. The zero-order valence-electron chi connectivity index (χ0n) is 26.0. The Morgan fingerprint density at radius 1 is 0.889 bits per heavy atom. The van der Waals surface area contributed by atoms with Crippen molar-refractivity contribution in [3.63, 3.8) is 0 Å². The summed E-state index contributed by atoms with van der Waals surface area (Å²) in [6.45, 7) is 11.1. The molecule has 1 aliphatic rings. The van der Waals surface area contributed by atoms with Crippen molar-refractivity contribution < 1.29 is 14.7 Å². The van der Waals surface area contributed by atoms with E-state index in [1.54, 1.807) is 12.1 Å². The van der Waals surface area contributed by atoms with Gasteiger partial charge in [0.25, 0.3) is 0 Å². The second kappa shape index (κ2) is 13.0. The Morgan fingerprint density at radius 3 is 2.40 bits per heavy atom. The summed E-state index contributed by atoms with van der Waals surface area (Å²) < 4.78 is 0. The Morgan fingerprint density at radius 2 is 1.64 bits per heavy atom. The molecule has 2 heterocycles. The van der Waals surface area contributed by atoms with Crippen LogP contribution in [0.1, 0.15) is 58.1 Å². The van der Waals surface area contributed by atoms with E-state index in [1.165, 1.54) is 5.56 Å². The highest BCUT2D eigenvalue weighted by molar-refractivity contribution is 5.91. The van der Waals surface area contributed by atoms with Gasteiger partial charge < -0.3 is 9.94 Å². The summed E-state index contributed by atoms with van der Waals surface area (Å²) in [7, 11) is 0. The molecule has 1 fully saturated rings. The van der Waals surface area contributed by atoms with Gasteiger partial charge in [-0.3, -0.25) is 9.80 Å². The summed E-state index contributed by atoms with van der Waals surface area (Å²) in [5, 5.41) is 22.3. The molecule has 45 heavy (non-hydrogen) atoms. The van der Waals surface area contributed by atoms with Gasteiger partial charge in [-0.2, -0.15) is 0 Å². The van der Waals surface area contributed by atoms with Crippen molar-refractivity contribution in [2.24, 2.45) is 0 Å². The molecular formula is C36H38N6O3. The van der Waals surface area contributed by atoms with Crippen LogP contribution in [0.5, 0.6) is 5.75 Å². The highest BCUT2D eigenvalue weighted by Crippen LogP contribution is 2.35. The minimum atomic E-state index is -0.528. The lowest BCUT2D eigenvalue weighted by atomic mass is 9.92. The average molecular weight is 603 g/mol. The van der Waals surface area contributed by atoms with Gasteiger partial charge in [0.1, 0.15) is 5.75 Å². The summed E-state index contributed by atoms with van der Waals surface area (Å²) in [5.74, 6) is 0.0350. The van der Waals surface area contributed by atoms with Crippen LogP contribution in [0.2, 0.25) is 0 Å². The highest BCUT2D eigenvalue weighted by Gasteiger charge is 2.35. The fraction of sp³-hybridized carbons (Fsp3) is 0.278. The number of aromatic nitrogens is 4. The number of aryl methyl sites for hydroxylation is 1. The van der Waals surface area contributed by atoms with E-state index < -0.39 is 5.97 Å². The third kappa shape index (κ3) is 6.50. The Balaban J connectivity index is 1.26. The molecule has 0 saturated carbocycles. The van der Waals surface area contributed by atoms with Crippen molar-refractivity contribution in [2.75, 3.05) is 13.1 Å². The quantitative estimate of drug-likeness (QED) is 0.229. The number of rotatable bonds is 8. The molecule has 0 radical (unpaired) electrons. The lowest BCUT2D eigenvalue weighted by Gasteiger charge is -2.47. The van der Waals surface area contributed by atoms with Gasteiger partial charge >= 0.3 is 5.97 Å². The Labute approximate surface area is 263 Å². The van der Waals surface area contributed by atoms with E-state index in [4.69, 9.17) is 4.84 Å². The maximum atomic E-state index is 13.0. The van der Waals surface area contributed by atoms with Gasteiger partial charge in [0.05, 0.1) is 11.6 Å². The number of hydrogen-bond donors (Lipinski definition) is 1. The molecule has 1 N–H and O–H groups in total. The van der Waals surface area contributed by atoms with E-state index in [1.807, 2.05) is 50.2 Å². The SMILES string of the molecule is Cc1cccc(C(=O)On2nnnc2-c2ccc([C@H](c3cccc(O)c3)N3C[C@@H](C)N(Cc4ccccc4)C[C@@H]3C)cc2)c1C. The molecule has 0 bridgehead atoms. The number of phenols is 1. The van der Waals surface area contributed by atoms with Crippen LogP contribution in [0, 0.1) is 13.8 Å². The molecule has 0 spiro atoms. The molecule has 9 heteroatoms. The van der Waals surface area contributed by atoms with Crippen molar-refractivity contribution in [3.8, 4) is 17.1 Å². The minimum Gasteiger partial charge on any atom is -0.508 e. The highest BCUT2D eigenvalue weighted by atomic mass is 16.7. The van der Waals surface area contributed by atoms with Gasteiger partial charge in [-0.1, -0.05) is 78.9 Å². The maximum absolute atomic E-state index is 13.0. The lowest BCUT2D eigenvalue weighted by molar-refractivity contribution is 0.0195. The van der Waals surface area contributed by atoms with Crippen molar-refractivity contribution in [1.29, 1.82) is 0 Å². The molecule has 0 amide bonds. The maximum Gasteiger partial charge on any atom is 0.366 e. The smallest absolute Gasteiger partial charge is 0.366 e. The van der Waals surface area contributed by atoms with Crippen LogP contribution in [0.4, 0.5) is 0 Å². The van der Waals surface area contributed by atoms with E-state index in [0.29, 0.717) is 23.0 Å². The van der Waals surface area contributed by atoms with Gasteiger partial charge in [0.2, 0.25) is 5.82 Å². The normalized spacial score (nSPS) is 18.0. The number of piperazine rings is 1. The van der Waals surface area contributed by atoms with Gasteiger partial charge in [0.15, 0.2) is 0 Å². The van der Waals surface area contributed by atoms with Crippen LogP contribution in [-0.2, 0) is 6.54 Å². The minimum absolute atomic E-state index is 0.0828. The van der Waals surface area contributed by atoms with Crippen LogP contribution in [0.15, 0.2) is 97.1 Å². The molecule has 0 aliphatic carbocycles. The summed E-state index contributed by atoms with van der Waals surface area (Å²) in [6, 6.07) is 32.1. The monoisotopic (exact) mass is 602 g/mol. The summed E-state index contributed by atoms with van der Waals surface area (Å²) in [6.07, 6.45) is 0.